The van der Waals surface area contributed by atoms with Crippen molar-refractivity contribution in [2.45, 2.75) is 32.5 Å². The van der Waals surface area contributed by atoms with E-state index in [-0.39, 0.29) is 24.2 Å². The summed E-state index contributed by atoms with van der Waals surface area (Å²) in [6, 6.07) is 2.66. The largest absolute Gasteiger partial charge is 0.416 e. The highest BCUT2D eigenvalue weighted by Gasteiger charge is 2.34. The van der Waals surface area contributed by atoms with Gasteiger partial charge in [-0.05, 0) is 25.5 Å². The Labute approximate surface area is 155 Å². The molecule has 1 fully saturated rings. The van der Waals surface area contributed by atoms with Crippen molar-refractivity contribution in [2.24, 2.45) is 0 Å². The molecule has 7 nitrogen and oxygen atoms in total. The Morgan fingerprint density at radius 2 is 1.93 bits per heavy atom. The summed E-state index contributed by atoms with van der Waals surface area (Å²) in [5.41, 5.74) is -1.44. The fraction of sp³-hybridized carbons (Fsp3) is 0.588. The molecule has 2 rings (SSSR count). The smallest absolute Gasteiger partial charge is 0.363 e. The minimum Gasteiger partial charge on any atom is -0.363 e. The molecule has 1 saturated heterocycles. The first-order valence-electron chi connectivity index (χ1n) is 8.74. The van der Waals surface area contributed by atoms with Gasteiger partial charge in [0.2, 0.25) is 5.91 Å². The van der Waals surface area contributed by atoms with Crippen molar-refractivity contribution >= 4 is 17.3 Å². The first kappa shape index (κ1) is 20.9. The maximum Gasteiger partial charge on any atom is 0.416 e. The molecule has 1 atom stereocenters. The number of alkyl halides is 3. The summed E-state index contributed by atoms with van der Waals surface area (Å²) < 4.78 is 38.4. The number of benzene rings is 1. The second kappa shape index (κ2) is 8.55. The van der Waals surface area contributed by atoms with Crippen LogP contribution in [0, 0.1) is 10.1 Å². The highest BCUT2D eigenvalue weighted by Crippen LogP contribution is 2.36. The number of nitrogens with zero attached hydrogens (tertiary/aromatic N) is 3. The molecule has 0 aromatic heterocycles. The molecule has 0 aliphatic carbocycles. The van der Waals surface area contributed by atoms with Gasteiger partial charge in [-0.3, -0.25) is 19.8 Å². The predicted molar refractivity (Wildman–Crippen MR) is 94.6 cm³/mol. The van der Waals surface area contributed by atoms with Crippen LogP contribution in [0.1, 0.15) is 25.8 Å². The predicted octanol–water partition coefficient (Wildman–Crippen LogP) is 2.65. The average molecular weight is 388 g/mol. The third-order valence-electron chi connectivity index (χ3n) is 4.60. The molecule has 1 aliphatic rings. The molecule has 1 aromatic rings. The Balaban J connectivity index is 2.03. The van der Waals surface area contributed by atoms with Gasteiger partial charge in [0.1, 0.15) is 5.69 Å². The highest BCUT2D eigenvalue weighted by molar-refractivity contribution is 5.78. The zero-order chi connectivity index (χ0) is 20.2. The molecule has 0 radical (unpaired) electrons. The van der Waals surface area contributed by atoms with Crippen LogP contribution in [0.3, 0.4) is 0 Å². The number of hydrogen-bond acceptors (Lipinski definition) is 5. The Morgan fingerprint density at radius 3 is 2.44 bits per heavy atom. The molecule has 0 bridgehead atoms. The molecule has 1 unspecified atom stereocenters. The van der Waals surface area contributed by atoms with E-state index in [9.17, 15) is 28.1 Å². The van der Waals surface area contributed by atoms with E-state index in [1.165, 1.54) is 0 Å². The van der Waals surface area contributed by atoms with Crippen LogP contribution in [0.2, 0.25) is 0 Å². The zero-order valence-corrected chi connectivity index (χ0v) is 15.3. The number of anilines is 1. The Hall–Kier alpha value is -2.36. The third kappa shape index (κ3) is 5.56. The Bertz CT molecular complexity index is 688. The lowest BCUT2D eigenvalue weighted by Gasteiger charge is -2.35. The molecule has 1 aromatic carbocycles. The lowest BCUT2D eigenvalue weighted by Crippen LogP contribution is -2.50. The Morgan fingerprint density at radius 1 is 1.30 bits per heavy atom. The normalized spacial score (nSPS) is 16.9. The fourth-order valence-corrected chi connectivity index (χ4v) is 2.89. The van der Waals surface area contributed by atoms with Crippen molar-refractivity contribution in [3.63, 3.8) is 0 Å². The van der Waals surface area contributed by atoms with E-state index in [2.05, 4.69) is 5.32 Å². The molecule has 1 heterocycles. The van der Waals surface area contributed by atoms with Gasteiger partial charge in [0.25, 0.3) is 5.69 Å². The number of carbonyl (C=O) groups excluding carboxylic acids is 1. The van der Waals surface area contributed by atoms with E-state index in [0.717, 1.165) is 18.6 Å². The van der Waals surface area contributed by atoms with Crippen molar-refractivity contribution in [3.8, 4) is 0 Å². The second-order valence-corrected chi connectivity index (χ2v) is 6.60. The molecule has 10 heteroatoms. The van der Waals surface area contributed by atoms with Crippen molar-refractivity contribution in [2.75, 3.05) is 37.6 Å². The van der Waals surface area contributed by atoms with E-state index in [4.69, 9.17) is 0 Å². The van der Waals surface area contributed by atoms with E-state index in [0.29, 0.717) is 32.2 Å². The Kier molecular flexibility index (Phi) is 6.63. The van der Waals surface area contributed by atoms with Gasteiger partial charge in [-0.1, -0.05) is 6.92 Å². The van der Waals surface area contributed by atoms with Crippen LogP contribution < -0.4 is 10.2 Å². The minimum absolute atomic E-state index is 0.0849. The van der Waals surface area contributed by atoms with E-state index < -0.39 is 22.4 Å². The number of nitro benzene ring substituents is 1. The third-order valence-corrected chi connectivity index (χ3v) is 4.60. The molecule has 27 heavy (non-hydrogen) atoms. The van der Waals surface area contributed by atoms with Gasteiger partial charge in [-0.2, -0.15) is 13.2 Å². The second-order valence-electron chi connectivity index (χ2n) is 6.60. The molecule has 0 saturated carbocycles. The molecule has 150 valence electrons. The molecule has 0 spiro atoms. The summed E-state index contributed by atoms with van der Waals surface area (Å²) in [5.74, 6) is -0.0849. The van der Waals surface area contributed by atoms with E-state index >= 15 is 0 Å². The number of nitrogens with one attached hydrogen (secondary N) is 1. The molecule has 1 amide bonds. The number of nitro groups is 1. The van der Waals surface area contributed by atoms with Crippen LogP contribution in [0.5, 0.6) is 0 Å². The number of halogens is 3. The lowest BCUT2D eigenvalue weighted by atomic mass is 10.1. The van der Waals surface area contributed by atoms with Gasteiger partial charge < -0.3 is 10.2 Å². The maximum atomic E-state index is 12.8. The van der Waals surface area contributed by atoms with Crippen molar-refractivity contribution in [1.82, 2.24) is 10.2 Å². The van der Waals surface area contributed by atoms with Crippen LogP contribution in [-0.4, -0.2) is 54.5 Å². The number of amides is 1. The van der Waals surface area contributed by atoms with Gasteiger partial charge in [0, 0.05) is 38.3 Å². The number of carbonyl (C=O) groups is 1. The standard InChI is InChI=1S/C17H23F3N4O3/c1-3-12(2)21-16(25)11-22-6-8-23(9-7-22)14-5-4-13(17(18,19)20)10-15(14)24(26)27/h4-5,10,12H,3,6-9,11H2,1-2H3,(H,21,25). The fourth-order valence-electron chi connectivity index (χ4n) is 2.89. The van der Waals surface area contributed by atoms with E-state index in [1.54, 1.807) is 4.90 Å². The summed E-state index contributed by atoms with van der Waals surface area (Å²) in [6.07, 6.45) is -3.80. The maximum absolute atomic E-state index is 12.8. The van der Waals surface area contributed by atoms with Gasteiger partial charge in [0.05, 0.1) is 17.0 Å². The quantitative estimate of drug-likeness (QED) is 0.599. The first-order chi connectivity index (χ1) is 12.6. The SMILES string of the molecule is CCC(C)NC(=O)CN1CCN(c2ccc(C(F)(F)F)cc2[N+](=O)[O-])CC1. The van der Waals surface area contributed by atoms with Crippen LogP contribution in [0.25, 0.3) is 0 Å². The van der Waals surface area contributed by atoms with Crippen molar-refractivity contribution in [3.05, 3.63) is 33.9 Å². The van der Waals surface area contributed by atoms with Crippen LogP contribution in [0.15, 0.2) is 18.2 Å². The van der Waals surface area contributed by atoms with E-state index in [1.807, 2.05) is 18.7 Å². The van der Waals surface area contributed by atoms with Gasteiger partial charge in [-0.15, -0.1) is 0 Å². The van der Waals surface area contributed by atoms with Gasteiger partial charge in [-0.25, -0.2) is 0 Å². The summed E-state index contributed by atoms with van der Waals surface area (Å²) in [6.45, 7) is 5.89. The first-order valence-corrected chi connectivity index (χ1v) is 8.74. The summed E-state index contributed by atoms with van der Waals surface area (Å²) >= 11 is 0. The summed E-state index contributed by atoms with van der Waals surface area (Å²) in [4.78, 5) is 26.0. The van der Waals surface area contributed by atoms with Gasteiger partial charge >= 0.3 is 6.18 Å². The molecular weight excluding hydrogens is 365 g/mol. The molecule has 1 aliphatic heterocycles. The topological polar surface area (TPSA) is 78.7 Å². The van der Waals surface area contributed by atoms with Crippen molar-refractivity contribution < 1.29 is 22.9 Å². The van der Waals surface area contributed by atoms with Crippen LogP contribution >= 0.6 is 0 Å². The zero-order valence-electron chi connectivity index (χ0n) is 15.3. The number of hydrogen-bond donors (Lipinski definition) is 1. The lowest BCUT2D eigenvalue weighted by molar-refractivity contribution is -0.384. The number of piperazine rings is 1. The monoisotopic (exact) mass is 388 g/mol. The summed E-state index contributed by atoms with van der Waals surface area (Å²) in [7, 11) is 0. The van der Waals surface area contributed by atoms with Crippen molar-refractivity contribution in [1.29, 1.82) is 0 Å². The highest BCUT2D eigenvalue weighted by atomic mass is 19.4. The van der Waals surface area contributed by atoms with Crippen LogP contribution in [0.4, 0.5) is 24.5 Å². The molecule has 1 N–H and O–H groups in total. The molecular formula is C17H23F3N4O3. The minimum atomic E-state index is -4.63. The summed E-state index contributed by atoms with van der Waals surface area (Å²) in [5, 5.41) is 14.1. The number of rotatable bonds is 6. The van der Waals surface area contributed by atoms with Crippen LogP contribution in [-0.2, 0) is 11.0 Å². The van der Waals surface area contributed by atoms with Gasteiger partial charge in [0.15, 0.2) is 0 Å². The average Bonchev–Trinajstić information content (AvgIpc) is 2.60.